The largest absolute Gasteiger partial charge is 0.341 e. The third-order valence-electron chi connectivity index (χ3n) is 5.37. The van der Waals surface area contributed by atoms with Gasteiger partial charge in [0, 0.05) is 30.2 Å². The first-order valence-corrected chi connectivity index (χ1v) is 9.77. The van der Waals surface area contributed by atoms with E-state index in [1.807, 2.05) is 31.2 Å². The number of nitrogens with two attached hydrogens (primary N) is 1. The number of nitrogens with one attached hydrogen (secondary N) is 1. The molecule has 5 rings (SSSR count). The summed E-state index contributed by atoms with van der Waals surface area (Å²) in [7, 11) is 0. The van der Waals surface area contributed by atoms with Crippen molar-refractivity contribution in [1.29, 1.82) is 0 Å². The number of aromatic nitrogens is 6. The maximum Gasteiger partial charge on any atom is 0.295 e. The standard InChI is InChI=1S/C20H22N8O/c1-12-14-6-2-3-7-15(14)24-17(23-12)11-28-19(29)18-16(9-22-28)25-20(26-18)27-8-4-5-13(21)10-27/h2-3,6-7,9,13H,4-5,8,10-11,21H2,1H3,(H,25,26)/t13-/m1/s1. The highest BCUT2D eigenvalue weighted by molar-refractivity contribution is 5.80. The fraction of sp³-hybridized carbons (Fsp3) is 0.350. The maximum atomic E-state index is 13.0. The summed E-state index contributed by atoms with van der Waals surface area (Å²) in [5, 5.41) is 5.30. The summed E-state index contributed by atoms with van der Waals surface area (Å²) in [6.07, 6.45) is 3.65. The second-order valence-electron chi connectivity index (χ2n) is 7.52. The first-order chi connectivity index (χ1) is 14.1. The molecule has 4 heterocycles. The highest BCUT2D eigenvalue weighted by atomic mass is 16.1. The minimum atomic E-state index is -0.263. The van der Waals surface area contributed by atoms with E-state index < -0.39 is 0 Å². The topological polar surface area (TPSA) is 119 Å². The van der Waals surface area contributed by atoms with Crippen LogP contribution in [0.25, 0.3) is 21.9 Å². The highest BCUT2D eigenvalue weighted by Crippen LogP contribution is 2.19. The molecular formula is C20H22N8O. The molecule has 4 aromatic rings. The van der Waals surface area contributed by atoms with Crippen molar-refractivity contribution in [2.45, 2.75) is 32.4 Å². The van der Waals surface area contributed by atoms with E-state index in [0.717, 1.165) is 42.5 Å². The average Bonchev–Trinajstić information content (AvgIpc) is 3.16. The van der Waals surface area contributed by atoms with E-state index in [1.54, 1.807) is 6.20 Å². The van der Waals surface area contributed by atoms with Gasteiger partial charge in [0.2, 0.25) is 5.95 Å². The second kappa shape index (κ2) is 6.93. The van der Waals surface area contributed by atoms with Gasteiger partial charge < -0.3 is 15.6 Å². The molecule has 1 aliphatic rings. The van der Waals surface area contributed by atoms with Crippen molar-refractivity contribution in [3.8, 4) is 0 Å². The number of piperidine rings is 1. The van der Waals surface area contributed by atoms with Crippen molar-refractivity contribution in [2.75, 3.05) is 18.0 Å². The molecule has 0 radical (unpaired) electrons. The Balaban J connectivity index is 1.49. The third kappa shape index (κ3) is 3.23. The molecule has 0 amide bonds. The van der Waals surface area contributed by atoms with Crippen molar-refractivity contribution < 1.29 is 0 Å². The van der Waals surface area contributed by atoms with Crippen molar-refractivity contribution >= 4 is 27.9 Å². The Kier molecular flexibility index (Phi) is 4.24. The number of anilines is 1. The van der Waals surface area contributed by atoms with Crippen LogP contribution in [0.15, 0.2) is 35.3 Å². The summed E-state index contributed by atoms with van der Waals surface area (Å²) < 4.78 is 1.36. The molecule has 3 aromatic heterocycles. The normalized spacial score (nSPS) is 17.3. The molecule has 1 saturated heterocycles. The lowest BCUT2D eigenvalue weighted by atomic mass is 10.1. The lowest BCUT2D eigenvalue weighted by Crippen LogP contribution is -2.43. The summed E-state index contributed by atoms with van der Waals surface area (Å²) in [5.41, 5.74) is 8.53. The Bertz CT molecular complexity index is 1260. The number of aryl methyl sites for hydroxylation is 1. The molecule has 9 heteroatoms. The van der Waals surface area contributed by atoms with Gasteiger partial charge in [-0.3, -0.25) is 4.79 Å². The molecule has 1 atom stereocenters. The molecule has 0 saturated carbocycles. The molecule has 1 fully saturated rings. The predicted molar refractivity (Wildman–Crippen MR) is 111 cm³/mol. The number of hydrogen-bond acceptors (Lipinski definition) is 7. The van der Waals surface area contributed by atoms with Crippen molar-refractivity contribution in [3.05, 3.63) is 52.3 Å². The molecule has 0 aliphatic carbocycles. The smallest absolute Gasteiger partial charge is 0.295 e. The third-order valence-corrected chi connectivity index (χ3v) is 5.37. The van der Waals surface area contributed by atoms with Gasteiger partial charge in [-0.2, -0.15) is 5.10 Å². The van der Waals surface area contributed by atoms with Crippen molar-refractivity contribution in [2.24, 2.45) is 5.73 Å². The molecule has 0 bridgehead atoms. The van der Waals surface area contributed by atoms with Crippen LogP contribution < -0.4 is 16.2 Å². The van der Waals surface area contributed by atoms with Gasteiger partial charge in [0.25, 0.3) is 5.56 Å². The van der Waals surface area contributed by atoms with Gasteiger partial charge in [-0.25, -0.2) is 19.6 Å². The van der Waals surface area contributed by atoms with Crippen molar-refractivity contribution in [1.82, 2.24) is 29.7 Å². The molecule has 9 nitrogen and oxygen atoms in total. The van der Waals surface area contributed by atoms with E-state index in [-0.39, 0.29) is 18.1 Å². The lowest BCUT2D eigenvalue weighted by Gasteiger charge is -2.30. The fourth-order valence-electron chi connectivity index (χ4n) is 3.90. The number of hydrogen-bond donors (Lipinski definition) is 2. The van der Waals surface area contributed by atoms with Gasteiger partial charge >= 0.3 is 0 Å². The zero-order valence-electron chi connectivity index (χ0n) is 16.2. The number of H-pyrrole nitrogens is 1. The minimum Gasteiger partial charge on any atom is -0.341 e. The van der Waals surface area contributed by atoms with Crippen LogP contribution in [0.2, 0.25) is 0 Å². The number of para-hydroxylation sites is 1. The number of fused-ring (bicyclic) bond motifs is 2. The monoisotopic (exact) mass is 390 g/mol. The van der Waals surface area contributed by atoms with E-state index in [0.29, 0.717) is 22.8 Å². The molecular weight excluding hydrogens is 368 g/mol. The first kappa shape index (κ1) is 17.7. The molecule has 0 unspecified atom stereocenters. The zero-order chi connectivity index (χ0) is 20.0. The van der Waals surface area contributed by atoms with Gasteiger partial charge in [-0.15, -0.1) is 0 Å². The molecule has 1 aromatic carbocycles. The van der Waals surface area contributed by atoms with Crippen LogP contribution in [0.4, 0.5) is 5.95 Å². The predicted octanol–water partition coefficient (Wildman–Crippen LogP) is 1.35. The van der Waals surface area contributed by atoms with Gasteiger partial charge in [-0.05, 0) is 25.8 Å². The Morgan fingerprint density at radius 2 is 2.10 bits per heavy atom. The number of nitrogens with zero attached hydrogens (tertiary/aromatic N) is 6. The Labute approximate surface area is 166 Å². The van der Waals surface area contributed by atoms with Gasteiger partial charge in [0.05, 0.1) is 17.2 Å². The summed E-state index contributed by atoms with van der Waals surface area (Å²) in [4.78, 5) is 31.9. The van der Waals surface area contributed by atoms with Gasteiger partial charge in [0.1, 0.15) is 6.54 Å². The average molecular weight is 390 g/mol. The highest BCUT2D eigenvalue weighted by Gasteiger charge is 2.21. The van der Waals surface area contributed by atoms with E-state index in [4.69, 9.17) is 5.73 Å². The van der Waals surface area contributed by atoms with E-state index in [9.17, 15) is 4.79 Å². The first-order valence-electron chi connectivity index (χ1n) is 9.77. The van der Waals surface area contributed by atoms with Crippen LogP contribution in [-0.2, 0) is 6.54 Å². The Morgan fingerprint density at radius 3 is 2.97 bits per heavy atom. The molecule has 3 N–H and O–H groups in total. The molecule has 1 aliphatic heterocycles. The summed E-state index contributed by atoms with van der Waals surface area (Å²) in [6.45, 7) is 3.73. The SMILES string of the molecule is Cc1nc(Cn2ncc3[nH]c(N4CCC[C@@H](N)C4)nc3c2=O)nc2ccccc12. The second-order valence-corrected chi connectivity index (χ2v) is 7.52. The Morgan fingerprint density at radius 1 is 1.24 bits per heavy atom. The lowest BCUT2D eigenvalue weighted by molar-refractivity contribution is 0.501. The van der Waals surface area contributed by atoms with E-state index in [2.05, 4.69) is 29.9 Å². The fourth-order valence-corrected chi connectivity index (χ4v) is 3.90. The number of benzene rings is 1. The van der Waals surface area contributed by atoms with Crippen molar-refractivity contribution in [3.63, 3.8) is 0 Å². The van der Waals surface area contributed by atoms with E-state index in [1.165, 1.54) is 4.68 Å². The summed E-state index contributed by atoms with van der Waals surface area (Å²) in [5.74, 6) is 1.22. The van der Waals surface area contributed by atoms with Gasteiger partial charge in [-0.1, -0.05) is 18.2 Å². The number of rotatable bonds is 3. The summed E-state index contributed by atoms with van der Waals surface area (Å²) in [6, 6.07) is 7.95. The molecule has 148 valence electrons. The number of imidazole rings is 1. The summed E-state index contributed by atoms with van der Waals surface area (Å²) >= 11 is 0. The van der Waals surface area contributed by atoms with E-state index >= 15 is 0 Å². The van der Waals surface area contributed by atoms with Gasteiger partial charge in [0.15, 0.2) is 11.3 Å². The minimum absolute atomic E-state index is 0.125. The van der Waals surface area contributed by atoms with Crippen LogP contribution in [0, 0.1) is 6.92 Å². The van der Waals surface area contributed by atoms with Crippen LogP contribution in [0.5, 0.6) is 0 Å². The van der Waals surface area contributed by atoms with Crippen LogP contribution in [0.3, 0.4) is 0 Å². The quantitative estimate of drug-likeness (QED) is 0.542. The maximum absolute atomic E-state index is 13.0. The molecule has 0 spiro atoms. The van der Waals surface area contributed by atoms with Crippen LogP contribution in [-0.4, -0.2) is 48.8 Å². The Hall–Kier alpha value is -3.33. The van der Waals surface area contributed by atoms with Crippen LogP contribution >= 0.6 is 0 Å². The zero-order valence-corrected chi connectivity index (χ0v) is 16.2. The van der Waals surface area contributed by atoms with Crippen LogP contribution in [0.1, 0.15) is 24.4 Å². The number of aromatic amines is 1. The molecule has 29 heavy (non-hydrogen) atoms.